The Morgan fingerprint density at radius 2 is 2.06 bits per heavy atom. The monoisotopic (exact) mass is 420 g/mol. The molecule has 0 atom stereocenters. The van der Waals surface area contributed by atoms with E-state index in [2.05, 4.69) is 20.1 Å². The van der Waals surface area contributed by atoms with Crippen LogP contribution in [0.1, 0.15) is 15.9 Å². The van der Waals surface area contributed by atoms with E-state index < -0.39 is 5.97 Å². The second-order valence-corrected chi connectivity index (χ2v) is 7.48. The number of hydrogen-bond acceptors (Lipinski definition) is 6. The van der Waals surface area contributed by atoms with Crippen molar-refractivity contribution in [2.75, 3.05) is 26.3 Å². The number of hydrogen-bond donors (Lipinski definition) is 2. The van der Waals surface area contributed by atoms with Crippen molar-refractivity contribution in [1.82, 2.24) is 29.6 Å². The van der Waals surface area contributed by atoms with E-state index in [0.717, 1.165) is 16.5 Å². The Morgan fingerprint density at radius 3 is 2.84 bits per heavy atom. The van der Waals surface area contributed by atoms with Gasteiger partial charge in [0.1, 0.15) is 29.0 Å². The Kier molecular flexibility index (Phi) is 4.63. The Morgan fingerprint density at radius 1 is 1.26 bits per heavy atom. The summed E-state index contributed by atoms with van der Waals surface area (Å²) in [7, 11) is 0. The van der Waals surface area contributed by atoms with Gasteiger partial charge in [-0.15, -0.1) is 0 Å². The number of fused-ring (bicyclic) bond motifs is 2. The van der Waals surface area contributed by atoms with Gasteiger partial charge in [-0.3, -0.25) is 9.48 Å². The SMILES string of the molecule is Cc1ccc2c(-c3cnc4[nH]cc(C(=O)O)c4n3)nn(CC(=O)N3CCOCC3)c2c1. The number of carbonyl (C=O) groups excluding carboxylic acids is 1. The highest BCUT2D eigenvalue weighted by molar-refractivity contribution is 6.01. The summed E-state index contributed by atoms with van der Waals surface area (Å²) in [5.41, 5.74) is 3.56. The van der Waals surface area contributed by atoms with E-state index in [1.54, 1.807) is 15.8 Å². The molecule has 10 heteroatoms. The molecule has 0 radical (unpaired) electrons. The number of carbonyl (C=O) groups is 2. The van der Waals surface area contributed by atoms with Gasteiger partial charge < -0.3 is 19.7 Å². The van der Waals surface area contributed by atoms with Gasteiger partial charge in [0, 0.05) is 24.7 Å². The van der Waals surface area contributed by atoms with Gasteiger partial charge in [0.2, 0.25) is 5.91 Å². The fourth-order valence-electron chi connectivity index (χ4n) is 3.80. The first-order valence-electron chi connectivity index (χ1n) is 9.92. The molecule has 0 saturated carbocycles. The summed E-state index contributed by atoms with van der Waals surface area (Å²) in [4.78, 5) is 37.7. The van der Waals surface area contributed by atoms with Gasteiger partial charge in [-0.2, -0.15) is 5.10 Å². The Bertz CT molecular complexity index is 1320. The molecule has 1 aliphatic heterocycles. The first kappa shape index (κ1) is 19.2. The normalized spacial score (nSPS) is 14.4. The van der Waals surface area contributed by atoms with E-state index in [9.17, 15) is 14.7 Å². The minimum absolute atomic E-state index is 0.0268. The fourth-order valence-corrected chi connectivity index (χ4v) is 3.80. The zero-order valence-corrected chi connectivity index (χ0v) is 16.8. The molecule has 31 heavy (non-hydrogen) atoms. The molecule has 10 nitrogen and oxygen atoms in total. The van der Waals surface area contributed by atoms with E-state index in [0.29, 0.717) is 43.3 Å². The molecule has 4 aromatic rings. The van der Waals surface area contributed by atoms with Crippen molar-refractivity contribution in [2.24, 2.45) is 0 Å². The molecule has 1 aromatic carbocycles. The maximum absolute atomic E-state index is 12.8. The number of rotatable bonds is 4. The maximum Gasteiger partial charge on any atom is 0.339 e. The Balaban J connectivity index is 1.59. The van der Waals surface area contributed by atoms with Gasteiger partial charge >= 0.3 is 5.97 Å². The number of aromatic amines is 1. The first-order valence-corrected chi connectivity index (χ1v) is 9.92. The maximum atomic E-state index is 12.8. The number of carboxylic acid groups (broad SMARTS) is 1. The number of ether oxygens (including phenoxy) is 1. The van der Waals surface area contributed by atoms with Crippen LogP contribution in [0.15, 0.2) is 30.6 Å². The second kappa shape index (κ2) is 7.47. The van der Waals surface area contributed by atoms with E-state index in [1.165, 1.54) is 6.20 Å². The van der Waals surface area contributed by atoms with Crippen molar-refractivity contribution < 1.29 is 19.4 Å². The van der Waals surface area contributed by atoms with Gasteiger partial charge in [0.25, 0.3) is 0 Å². The highest BCUT2D eigenvalue weighted by Crippen LogP contribution is 2.29. The molecule has 0 spiro atoms. The Labute approximate surface area is 176 Å². The number of morpholine rings is 1. The average Bonchev–Trinajstić information content (AvgIpc) is 3.35. The van der Waals surface area contributed by atoms with Crippen LogP contribution in [0.2, 0.25) is 0 Å². The molecule has 1 fully saturated rings. The molecular weight excluding hydrogens is 400 g/mol. The van der Waals surface area contributed by atoms with Crippen molar-refractivity contribution in [3.8, 4) is 11.4 Å². The summed E-state index contributed by atoms with van der Waals surface area (Å²) in [6.45, 7) is 4.28. The summed E-state index contributed by atoms with van der Waals surface area (Å²) < 4.78 is 7.00. The summed E-state index contributed by atoms with van der Waals surface area (Å²) in [6.07, 6.45) is 2.93. The van der Waals surface area contributed by atoms with Crippen molar-refractivity contribution in [3.63, 3.8) is 0 Å². The summed E-state index contributed by atoms with van der Waals surface area (Å²) in [6, 6.07) is 5.87. The van der Waals surface area contributed by atoms with Crippen LogP contribution < -0.4 is 0 Å². The van der Waals surface area contributed by atoms with Crippen LogP contribution in [-0.2, 0) is 16.1 Å². The summed E-state index contributed by atoms with van der Waals surface area (Å²) in [5, 5.41) is 14.9. The van der Waals surface area contributed by atoms with Crippen molar-refractivity contribution >= 4 is 33.9 Å². The number of carboxylic acids is 1. The molecular formula is C21H20N6O4. The average molecular weight is 420 g/mol. The molecule has 1 saturated heterocycles. The molecule has 5 rings (SSSR count). The molecule has 4 heterocycles. The van der Waals surface area contributed by atoms with Crippen LogP contribution in [0.5, 0.6) is 0 Å². The zero-order valence-electron chi connectivity index (χ0n) is 16.8. The van der Waals surface area contributed by atoms with Crippen LogP contribution in [-0.4, -0.2) is 72.9 Å². The van der Waals surface area contributed by atoms with Crippen molar-refractivity contribution in [3.05, 3.63) is 41.7 Å². The van der Waals surface area contributed by atoms with Crippen LogP contribution in [0.25, 0.3) is 33.5 Å². The standard InChI is InChI=1S/C21H20N6O4/c1-12-2-3-13-16(8-12)27(11-17(28)26-4-6-31-7-5-26)25-18(13)15-10-23-20-19(24-15)14(9-22-20)21(29)30/h2-3,8-10H,4-7,11H2,1H3,(H,22,23)(H,29,30). The third-order valence-corrected chi connectivity index (χ3v) is 5.41. The molecule has 158 valence electrons. The number of aromatic nitrogens is 5. The van der Waals surface area contributed by atoms with Crippen LogP contribution in [0, 0.1) is 6.92 Å². The lowest BCUT2D eigenvalue weighted by Gasteiger charge is -2.26. The predicted molar refractivity (Wildman–Crippen MR) is 112 cm³/mol. The molecule has 2 N–H and O–H groups in total. The smallest absolute Gasteiger partial charge is 0.339 e. The van der Waals surface area contributed by atoms with Gasteiger partial charge in [-0.1, -0.05) is 12.1 Å². The minimum Gasteiger partial charge on any atom is -0.478 e. The van der Waals surface area contributed by atoms with Crippen LogP contribution in [0.3, 0.4) is 0 Å². The number of aryl methyl sites for hydroxylation is 1. The lowest BCUT2D eigenvalue weighted by Crippen LogP contribution is -2.42. The highest BCUT2D eigenvalue weighted by atomic mass is 16.5. The van der Waals surface area contributed by atoms with E-state index in [1.807, 2.05) is 25.1 Å². The summed E-state index contributed by atoms with van der Waals surface area (Å²) in [5.74, 6) is -1.11. The molecule has 0 unspecified atom stereocenters. The third kappa shape index (κ3) is 3.40. The number of nitrogens with one attached hydrogen (secondary N) is 1. The van der Waals surface area contributed by atoms with E-state index in [-0.39, 0.29) is 23.5 Å². The molecule has 0 bridgehead atoms. The number of aromatic carboxylic acids is 1. The zero-order chi connectivity index (χ0) is 21.5. The van der Waals surface area contributed by atoms with Crippen molar-refractivity contribution in [1.29, 1.82) is 0 Å². The number of benzene rings is 1. The first-order chi connectivity index (χ1) is 15.0. The van der Waals surface area contributed by atoms with Gasteiger partial charge in [-0.25, -0.2) is 14.8 Å². The minimum atomic E-state index is -1.08. The molecule has 0 aliphatic carbocycles. The van der Waals surface area contributed by atoms with E-state index in [4.69, 9.17) is 4.74 Å². The number of H-pyrrole nitrogens is 1. The number of nitrogens with zero attached hydrogens (tertiary/aromatic N) is 5. The number of amides is 1. The molecule has 1 aliphatic rings. The van der Waals surface area contributed by atoms with Gasteiger partial charge in [0.05, 0.1) is 24.9 Å². The largest absolute Gasteiger partial charge is 0.478 e. The lowest BCUT2D eigenvalue weighted by molar-refractivity contribution is -0.136. The van der Waals surface area contributed by atoms with Crippen LogP contribution >= 0.6 is 0 Å². The lowest BCUT2D eigenvalue weighted by atomic mass is 10.1. The van der Waals surface area contributed by atoms with Gasteiger partial charge in [0.15, 0.2) is 5.65 Å². The van der Waals surface area contributed by atoms with Gasteiger partial charge in [-0.05, 0) is 18.6 Å². The molecule has 1 amide bonds. The van der Waals surface area contributed by atoms with E-state index >= 15 is 0 Å². The summed E-state index contributed by atoms with van der Waals surface area (Å²) >= 11 is 0. The quantitative estimate of drug-likeness (QED) is 0.516. The van der Waals surface area contributed by atoms with Crippen LogP contribution in [0.4, 0.5) is 0 Å². The topological polar surface area (TPSA) is 126 Å². The highest BCUT2D eigenvalue weighted by Gasteiger charge is 2.22. The second-order valence-electron chi connectivity index (χ2n) is 7.48. The van der Waals surface area contributed by atoms with Crippen molar-refractivity contribution in [2.45, 2.75) is 13.5 Å². The molecule has 3 aromatic heterocycles. The fraction of sp³-hybridized carbons (Fsp3) is 0.286. The Hall–Kier alpha value is -3.79. The predicted octanol–water partition coefficient (Wildman–Crippen LogP) is 1.84. The third-order valence-electron chi connectivity index (χ3n) is 5.41.